The fourth-order valence-corrected chi connectivity index (χ4v) is 2.86. The number of rotatable bonds is 4. The highest BCUT2D eigenvalue weighted by atomic mass is 16.5. The Balaban J connectivity index is 1.59. The lowest BCUT2D eigenvalue weighted by Gasteiger charge is -2.05. The van der Waals surface area contributed by atoms with Crippen molar-refractivity contribution in [3.63, 3.8) is 0 Å². The van der Waals surface area contributed by atoms with E-state index in [-0.39, 0.29) is 5.91 Å². The lowest BCUT2D eigenvalue weighted by Crippen LogP contribution is -2.12. The van der Waals surface area contributed by atoms with E-state index in [9.17, 15) is 4.79 Å². The molecule has 1 amide bonds. The molecule has 4 aromatic rings. The Morgan fingerprint density at radius 2 is 1.89 bits per heavy atom. The zero-order valence-corrected chi connectivity index (χ0v) is 14.7. The number of nitrogens with two attached hydrogens (primary N) is 1. The third-order valence-electron chi connectivity index (χ3n) is 4.25. The highest BCUT2D eigenvalue weighted by molar-refractivity contribution is 6.05. The van der Waals surface area contributed by atoms with Crippen molar-refractivity contribution in [3.8, 4) is 17.1 Å². The van der Waals surface area contributed by atoms with Crippen LogP contribution in [0.15, 0.2) is 66.7 Å². The van der Waals surface area contributed by atoms with Crippen LogP contribution in [-0.2, 0) is 0 Å². The summed E-state index contributed by atoms with van der Waals surface area (Å²) in [5.41, 5.74) is 10.1. The number of imidazole rings is 1. The molecule has 0 atom stereocenters. The Labute approximate surface area is 156 Å². The maximum atomic E-state index is 12.4. The summed E-state index contributed by atoms with van der Waals surface area (Å²) in [5.74, 6) is 1.34. The number of aromatic amines is 1. The Morgan fingerprint density at radius 1 is 1.07 bits per heavy atom. The number of hydrogen-bond acceptors (Lipinski definition) is 4. The van der Waals surface area contributed by atoms with E-state index in [1.807, 2.05) is 42.5 Å². The summed E-state index contributed by atoms with van der Waals surface area (Å²) in [5, 5.41) is 2.88. The number of methoxy groups -OCH3 is 1. The molecule has 134 valence electrons. The third-order valence-corrected chi connectivity index (χ3v) is 4.25. The topological polar surface area (TPSA) is 93.0 Å². The van der Waals surface area contributed by atoms with E-state index in [4.69, 9.17) is 10.5 Å². The van der Waals surface area contributed by atoms with Crippen LogP contribution in [-0.4, -0.2) is 23.0 Å². The quantitative estimate of drug-likeness (QED) is 0.479. The number of anilines is 2. The molecule has 6 nitrogen and oxygen atoms in total. The van der Waals surface area contributed by atoms with Gasteiger partial charge in [-0.2, -0.15) is 0 Å². The van der Waals surface area contributed by atoms with Crippen LogP contribution in [0.3, 0.4) is 0 Å². The molecule has 0 unspecified atom stereocenters. The van der Waals surface area contributed by atoms with Crippen LogP contribution in [0.1, 0.15) is 10.4 Å². The van der Waals surface area contributed by atoms with Gasteiger partial charge in [-0.25, -0.2) is 4.98 Å². The summed E-state index contributed by atoms with van der Waals surface area (Å²) in [6, 6.07) is 20.1. The fourth-order valence-electron chi connectivity index (χ4n) is 2.86. The van der Waals surface area contributed by atoms with E-state index in [1.54, 1.807) is 31.4 Å². The van der Waals surface area contributed by atoms with Gasteiger partial charge in [-0.3, -0.25) is 4.79 Å². The van der Waals surface area contributed by atoms with Gasteiger partial charge in [0.2, 0.25) is 0 Å². The van der Waals surface area contributed by atoms with Gasteiger partial charge in [0, 0.05) is 22.5 Å². The number of H-pyrrole nitrogens is 1. The van der Waals surface area contributed by atoms with Gasteiger partial charge in [0.05, 0.1) is 18.1 Å². The highest BCUT2D eigenvalue weighted by Gasteiger charge is 2.09. The molecular weight excluding hydrogens is 340 g/mol. The summed E-state index contributed by atoms with van der Waals surface area (Å²) < 4.78 is 5.18. The minimum atomic E-state index is -0.212. The number of amides is 1. The Kier molecular flexibility index (Phi) is 4.22. The smallest absolute Gasteiger partial charge is 0.255 e. The van der Waals surface area contributed by atoms with Crippen molar-refractivity contribution in [2.75, 3.05) is 18.2 Å². The molecule has 0 saturated carbocycles. The summed E-state index contributed by atoms with van der Waals surface area (Å²) in [6.45, 7) is 0. The van der Waals surface area contributed by atoms with Crippen LogP contribution in [0.5, 0.6) is 5.75 Å². The molecule has 3 aromatic carbocycles. The predicted molar refractivity (Wildman–Crippen MR) is 107 cm³/mol. The molecule has 0 aliphatic heterocycles. The molecule has 27 heavy (non-hydrogen) atoms. The molecular formula is C21H18N4O2. The van der Waals surface area contributed by atoms with Gasteiger partial charge in [0.15, 0.2) is 0 Å². The maximum Gasteiger partial charge on any atom is 0.255 e. The first-order valence-electron chi connectivity index (χ1n) is 8.43. The molecule has 4 rings (SSSR count). The predicted octanol–water partition coefficient (Wildman–Crippen LogP) is 4.07. The second kappa shape index (κ2) is 6.84. The van der Waals surface area contributed by atoms with Gasteiger partial charge in [0.25, 0.3) is 5.91 Å². The molecule has 0 radical (unpaired) electrons. The van der Waals surface area contributed by atoms with Crippen molar-refractivity contribution in [2.24, 2.45) is 0 Å². The third kappa shape index (κ3) is 3.46. The zero-order chi connectivity index (χ0) is 18.8. The maximum absolute atomic E-state index is 12.4. The average Bonchev–Trinajstić information content (AvgIpc) is 3.11. The lowest BCUT2D eigenvalue weighted by atomic mass is 10.2. The van der Waals surface area contributed by atoms with Crippen molar-refractivity contribution in [3.05, 3.63) is 72.3 Å². The SMILES string of the molecule is COc1ccc(-c2nc3ccc(NC(=O)c4cccc(N)c4)cc3[nH]2)cc1. The van der Waals surface area contributed by atoms with Crippen LogP contribution in [0.25, 0.3) is 22.4 Å². The van der Waals surface area contributed by atoms with E-state index < -0.39 is 0 Å². The largest absolute Gasteiger partial charge is 0.497 e. The molecule has 0 spiro atoms. The van der Waals surface area contributed by atoms with Crippen LogP contribution in [0.4, 0.5) is 11.4 Å². The molecule has 1 heterocycles. The number of carbonyl (C=O) groups excluding carboxylic acids is 1. The Morgan fingerprint density at radius 3 is 2.63 bits per heavy atom. The fraction of sp³-hybridized carbons (Fsp3) is 0.0476. The number of hydrogen-bond donors (Lipinski definition) is 3. The molecule has 0 fully saturated rings. The number of carbonyl (C=O) groups is 1. The van der Waals surface area contributed by atoms with E-state index in [2.05, 4.69) is 15.3 Å². The van der Waals surface area contributed by atoms with Crippen molar-refractivity contribution in [1.82, 2.24) is 9.97 Å². The number of benzene rings is 3. The van der Waals surface area contributed by atoms with Gasteiger partial charge in [0.1, 0.15) is 11.6 Å². The second-order valence-electron chi connectivity index (χ2n) is 6.13. The zero-order valence-electron chi connectivity index (χ0n) is 14.7. The van der Waals surface area contributed by atoms with Crippen molar-refractivity contribution < 1.29 is 9.53 Å². The normalized spacial score (nSPS) is 10.7. The van der Waals surface area contributed by atoms with E-state index in [0.717, 1.165) is 28.2 Å². The molecule has 6 heteroatoms. The standard InChI is InChI=1S/C21H18N4O2/c1-27-17-8-5-13(6-9-17)20-24-18-10-7-16(12-19(18)25-20)23-21(26)14-3-2-4-15(22)11-14/h2-12H,22H2,1H3,(H,23,26)(H,24,25). The molecule has 0 saturated heterocycles. The first-order valence-corrected chi connectivity index (χ1v) is 8.43. The molecule has 4 N–H and O–H groups in total. The van der Waals surface area contributed by atoms with Crippen LogP contribution in [0.2, 0.25) is 0 Å². The molecule has 1 aromatic heterocycles. The molecule has 0 bridgehead atoms. The molecule has 0 aliphatic carbocycles. The van der Waals surface area contributed by atoms with Crippen molar-refractivity contribution in [1.29, 1.82) is 0 Å². The first-order chi connectivity index (χ1) is 13.1. The molecule has 0 aliphatic rings. The number of ether oxygens (including phenoxy) is 1. The number of nitrogen functional groups attached to an aromatic ring is 1. The number of nitrogens with zero attached hydrogens (tertiary/aromatic N) is 1. The van der Waals surface area contributed by atoms with Gasteiger partial charge >= 0.3 is 0 Å². The Bertz CT molecular complexity index is 1120. The van der Waals surface area contributed by atoms with Gasteiger partial charge < -0.3 is 20.8 Å². The number of fused-ring (bicyclic) bond motifs is 1. The number of nitrogens with one attached hydrogen (secondary N) is 2. The van der Waals surface area contributed by atoms with Gasteiger partial charge in [-0.1, -0.05) is 6.07 Å². The van der Waals surface area contributed by atoms with Gasteiger partial charge in [-0.05, 0) is 60.7 Å². The summed E-state index contributed by atoms with van der Waals surface area (Å²) in [6.07, 6.45) is 0. The summed E-state index contributed by atoms with van der Waals surface area (Å²) >= 11 is 0. The minimum Gasteiger partial charge on any atom is -0.497 e. The monoisotopic (exact) mass is 358 g/mol. The summed E-state index contributed by atoms with van der Waals surface area (Å²) in [7, 11) is 1.63. The highest BCUT2D eigenvalue weighted by Crippen LogP contribution is 2.24. The van der Waals surface area contributed by atoms with E-state index in [1.165, 1.54) is 0 Å². The first kappa shape index (κ1) is 16.7. The van der Waals surface area contributed by atoms with Crippen molar-refractivity contribution >= 4 is 28.3 Å². The van der Waals surface area contributed by atoms with E-state index >= 15 is 0 Å². The van der Waals surface area contributed by atoms with Gasteiger partial charge in [-0.15, -0.1) is 0 Å². The minimum absolute atomic E-state index is 0.212. The average molecular weight is 358 g/mol. The summed E-state index contributed by atoms with van der Waals surface area (Å²) in [4.78, 5) is 20.3. The second-order valence-corrected chi connectivity index (χ2v) is 6.13. The van der Waals surface area contributed by atoms with E-state index in [0.29, 0.717) is 16.9 Å². The van der Waals surface area contributed by atoms with Crippen molar-refractivity contribution in [2.45, 2.75) is 0 Å². The van der Waals surface area contributed by atoms with Crippen LogP contribution in [0, 0.1) is 0 Å². The Hall–Kier alpha value is -3.80. The van der Waals surface area contributed by atoms with Crippen LogP contribution >= 0.6 is 0 Å². The lowest BCUT2D eigenvalue weighted by molar-refractivity contribution is 0.102. The van der Waals surface area contributed by atoms with Crippen LogP contribution < -0.4 is 15.8 Å². The number of aromatic nitrogens is 2.